The van der Waals surface area contributed by atoms with Gasteiger partial charge in [-0.1, -0.05) is 6.07 Å². The van der Waals surface area contributed by atoms with E-state index in [4.69, 9.17) is 4.74 Å². The summed E-state index contributed by atoms with van der Waals surface area (Å²) in [5, 5.41) is 5.52. The van der Waals surface area contributed by atoms with Crippen LogP contribution in [0.3, 0.4) is 0 Å². The second kappa shape index (κ2) is 5.64. The van der Waals surface area contributed by atoms with Gasteiger partial charge in [-0.25, -0.2) is 0 Å². The summed E-state index contributed by atoms with van der Waals surface area (Å²) >= 11 is 1.78. The minimum absolute atomic E-state index is 0.256. The lowest BCUT2D eigenvalue weighted by molar-refractivity contribution is 0.0355. The summed E-state index contributed by atoms with van der Waals surface area (Å²) in [5.41, 5.74) is 0. The Morgan fingerprint density at radius 3 is 3.27 bits per heavy atom. The molecular weight excluding hydrogens is 206 g/mol. The highest BCUT2D eigenvalue weighted by Crippen LogP contribution is 2.23. The minimum Gasteiger partial charge on any atom is -0.373 e. The first kappa shape index (κ1) is 11.1. The molecule has 1 aromatic rings. The highest BCUT2D eigenvalue weighted by atomic mass is 32.1. The van der Waals surface area contributed by atoms with Gasteiger partial charge in [0, 0.05) is 11.4 Å². The fourth-order valence-electron chi connectivity index (χ4n) is 1.95. The molecule has 2 heterocycles. The van der Waals surface area contributed by atoms with Gasteiger partial charge in [0.05, 0.1) is 12.7 Å². The summed E-state index contributed by atoms with van der Waals surface area (Å²) in [4.78, 5) is 1.33. The van der Waals surface area contributed by atoms with Crippen LogP contribution in [0.4, 0.5) is 0 Å². The van der Waals surface area contributed by atoms with Gasteiger partial charge in [-0.3, -0.25) is 0 Å². The van der Waals surface area contributed by atoms with Crippen LogP contribution in [0.1, 0.15) is 30.7 Å². The van der Waals surface area contributed by atoms with E-state index in [9.17, 15) is 0 Å². The SMILES string of the molecule is C[C@H](OC[C@H]1CCCNC1)c1cccs1. The zero-order valence-corrected chi connectivity index (χ0v) is 10.1. The second-order valence-electron chi connectivity index (χ2n) is 4.20. The van der Waals surface area contributed by atoms with Gasteiger partial charge < -0.3 is 10.1 Å². The van der Waals surface area contributed by atoms with Gasteiger partial charge in [-0.15, -0.1) is 11.3 Å². The lowest BCUT2D eigenvalue weighted by atomic mass is 10.0. The normalized spacial score (nSPS) is 23.9. The lowest BCUT2D eigenvalue weighted by Gasteiger charge is -2.24. The molecule has 1 aliphatic rings. The molecular formula is C12H19NOS. The first-order valence-electron chi connectivity index (χ1n) is 5.72. The predicted molar refractivity (Wildman–Crippen MR) is 64.3 cm³/mol. The third kappa shape index (κ3) is 3.30. The molecule has 1 aromatic heterocycles. The number of nitrogens with one attached hydrogen (secondary N) is 1. The molecule has 0 radical (unpaired) electrons. The number of ether oxygens (including phenoxy) is 1. The fourth-order valence-corrected chi connectivity index (χ4v) is 2.68. The summed E-state index contributed by atoms with van der Waals surface area (Å²) in [6.45, 7) is 5.34. The van der Waals surface area contributed by atoms with Gasteiger partial charge in [0.25, 0.3) is 0 Å². The van der Waals surface area contributed by atoms with Crippen molar-refractivity contribution in [1.29, 1.82) is 0 Å². The Balaban J connectivity index is 1.73. The molecule has 15 heavy (non-hydrogen) atoms. The Labute approximate surface area is 95.6 Å². The van der Waals surface area contributed by atoms with Crippen molar-refractivity contribution in [3.63, 3.8) is 0 Å². The molecule has 0 bridgehead atoms. The van der Waals surface area contributed by atoms with Gasteiger partial charge in [0.2, 0.25) is 0 Å². The third-order valence-electron chi connectivity index (χ3n) is 2.92. The highest BCUT2D eigenvalue weighted by molar-refractivity contribution is 7.10. The van der Waals surface area contributed by atoms with E-state index in [1.165, 1.54) is 24.3 Å². The van der Waals surface area contributed by atoms with E-state index in [1.54, 1.807) is 11.3 Å². The molecule has 1 fully saturated rings. The van der Waals surface area contributed by atoms with Gasteiger partial charge in [0.15, 0.2) is 0 Å². The zero-order chi connectivity index (χ0) is 10.5. The molecule has 0 saturated carbocycles. The first-order valence-corrected chi connectivity index (χ1v) is 6.60. The quantitative estimate of drug-likeness (QED) is 0.851. The topological polar surface area (TPSA) is 21.3 Å². The van der Waals surface area contributed by atoms with Crippen LogP contribution >= 0.6 is 11.3 Å². The molecule has 84 valence electrons. The number of rotatable bonds is 4. The summed E-state index contributed by atoms with van der Waals surface area (Å²) in [7, 11) is 0. The molecule has 0 aliphatic carbocycles. The maximum atomic E-state index is 5.90. The summed E-state index contributed by atoms with van der Waals surface area (Å²) < 4.78 is 5.90. The maximum absolute atomic E-state index is 5.90. The van der Waals surface area contributed by atoms with Gasteiger partial charge in [0.1, 0.15) is 0 Å². The molecule has 2 rings (SSSR count). The summed E-state index contributed by atoms with van der Waals surface area (Å²) in [6.07, 6.45) is 2.86. The monoisotopic (exact) mass is 225 g/mol. The van der Waals surface area contributed by atoms with Crippen molar-refractivity contribution in [3.05, 3.63) is 22.4 Å². The van der Waals surface area contributed by atoms with Crippen LogP contribution in [0.5, 0.6) is 0 Å². The van der Waals surface area contributed by atoms with Crippen molar-refractivity contribution in [3.8, 4) is 0 Å². The van der Waals surface area contributed by atoms with Crippen LogP contribution in [0, 0.1) is 5.92 Å². The Morgan fingerprint density at radius 2 is 2.60 bits per heavy atom. The van der Waals surface area contributed by atoms with Gasteiger partial charge in [-0.2, -0.15) is 0 Å². The van der Waals surface area contributed by atoms with E-state index < -0.39 is 0 Å². The average Bonchev–Trinajstić information content (AvgIpc) is 2.81. The standard InChI is InChI=1S/C12H19NOS/c1-10(12-5-3-7-15-12)14-9-11-4-2-6-13-8-11/h3,5,7,10-11,13H,2,4,6,8-9H2,1H3/t10-,11-/m0/s1. The minimum atomic E-state index is 0.256. The van der Waals surface area contributed by atoms with Crippen molar-refractivity contribution < 1.29 is 4.74 Å². The van der Waals surface area contributed by atoms with E-state index in [2.05, 4.69) is 29.8 Å². The lowest BCUT2D eigenvalue weighted by Crippen LogP contribution is -2.32. The molecule has 3 heteroatoms. The van der Waals surface area contributed by atoms with Crippen molar-refractivity contribution in [2.45, 2.75) is 25.9 Å². The van der Waals surface area contributed by atoms with E-state index >= 15 is 0 Å². The molecule has 1 saturated heterocycles. The van der Waals surface area contributed by atoms with Crippen LogP contribution in [0.25, 0.3) is 0 Å². The second-order valence-corrected chi connectivity index (χ2v) is 5.18. The molecule has 0 unspecified atom stereocenters. The number of thiophene rings is 1. The Morgan fingerprint density at radius 1 is 1.67 bits per heavy atom. The number of hydrogen-bond donors (Lipinski definition) is 1. The van der Waals surface area contributed by atoms with Crippen LogP contribution < -0.4 is 5.32 Å². The Bertz CT molecular complexity index is 267. The van der Waals surface area contributed by atoms with Crippen molar-refractivity contribution in [2.24, 2.45) is 5.92 Å². The third-order valence-corrected chi connectivity index (χ3v) is 3.96. The van der Waals surface area contributed by atoms with Crippen LogP contribution in [0.2, 0.25) is 0 Å². The van der Waals surface area contributed by atoms with E-state index in [1.807, 2.05) is 0 Å². The fraction of sp³-hybridized carbons (Fsp3) is 0.667. The summed E-state index contributed by atoms with van der Waals surface area (Å²) in [5.74, 6) is 0.709. The van der Waals surface area contributed by atoms with E-state index in [0.29, 0.717) is 5.92 Å². The van der Waals surface area contributed by atoms with Crippen LogP contribution in [-0.4, -0.2) is 19.7 Å². The summed E-state index contributed by atoms with van der Waals surface area (Å²) in [6, 6.07) is 4.23. The van der Waals surface area contributed by atoms with Crippen LogP contribution in [0.15, 0.2) is 17.5 Å². The van der Waals surface area contributed by atoms with Crippen molar-refractivity contribution >= 4 is 11.3 Å². The molecule has 0 aromatic carbocycles. The predicted octanol–water partition coefficient (Wildman–Crippen LogP) is 2.83. The number of piperidine rings is 1. The molecule has 0 amide bonds. The molecule has 2 atom stereocenters. The largest absolute Gasteiger partial charge is 0.373 e. The van der Waals surface area contributed by atoms with Gasteiger partial charge >= 0.3 is 0 Å². The highest BCUT2D eigenvalue weighted by Gasteiger charge is 2.15. The van der Waals surface area contributed by atoms with Crippen molar-refractivity contribution in [2.75, 3.05) is 19.7 Å². The molecule has 2 nitrogen and oxygen atoms in total. The molecule has 1 N–H and O–H groups in total. The van der Waals surface area contributed by atoms with Crippen molar-refractivity contribution in [1.82, 2.24) is 5.32 Å². The molecule has 0 spiro atoms. The Hall–Kier alpha value is -0.380. The van der Waals surface area contributed by atoms with Crippen LogP contribution in [-0.2, 0) is 4.74 Å². The molecule has 1 aliphatic heterocycles. The first-order chi connectivity index (χ1) is 7.36. The maximum Gasteiger partial charge on any atom is 0.0888 e. The Kier molecular flexibility index (Phi) is 4.18. The zero-order valence-electron chi connectivity index (χ0n) is 9.24. The van der Waals surface area contributed by atoms with Gasteiger partial charge in [-0.05, 0) is 43.7 Å². The average molecular weight is 225 g/mol. The number of hydrogen-bond acceptors (Lipinski definition) is 3. The smallest absolute Gasteiger partial charge is 0.0888 e. The van der Waals surface area contributed by atoms with E-state index in [0.717, 1.165) is 13.2 Å². The van der Waals surface area contributed by atoms with E-state index in [-0.39, 0.29) is 6.10 Å².